The van der Waals surface area contributed by atoms with Gasteiger partial charge in [0.2, 0.25) is 0 Å². The van der Waals surface area contributed by atoms with Gasteiger partial charge >= 0.3 is 198 Å². The van der Waals surface area contributed by atoms with Crippen LogP contribution in [0.1, 0.15) is 76.6 Å². The van der Waals surface area contributed by atoms with E-state index in [2.05, 4.69) is 284 Å². The monoisotopic (exact) mass is 1050 g/mol. The number of allylic oxidation sites excluding steroid dienone is 8. The van der Waals surface area contributed by atoms with Gasteiger partial charge in [-0.3, -0.25) is 12.2 Å². The molecule has 0 nitrogen and oxygen atoms in total. The van der Waals surface area contributed by atoms with Crippen molar-refractivity contribution in [2.75, 3.05) is 0 Å². The molecule has 0 atom stereocenters. The molecule has 4 heteroatoms. The number of halogens is 2. The van der Waals surface area contributed by atoms with Crippen LogP contribution in [0.4, 0.5) is 0 Å². The van der Waals surface area contributed by atoms with Crippen molar-refractivity contribution in [2.24, 2.45) is 10.8 Å². The van der Waals surface area contributed by atoms with Crippen molar-refractivity contribution in [2.45, 2.75) is 54.4 Å². The summed E-state index contributed by atoms with van der Waals surface area (Å²) in [5.74, 6) is 0. The molecule has 66 heavy (non-hydrogen) atoms. The van der Waals surface area contributed by atoms with Crippen LogP contribution in [0.5, 0.6) is 0 Å². The smallest absolute Gasteiger partial charge is 0.0809 e. The van der Waals surface area contributed by atoms with Crippen LogP contribution < -0.4 is 24.8 Å². The third-order valence-electron chi connectivity index (χ3n) is 10.5. The Hall–Kier alpha value is -4.41. The SMILES string of the molecule is CC(C)(C)C1=CC[C-]=C1.CC(C)(C)C1=CC[C-]=C1.[Cl-].[Cl-].[Zr+2]=[C](c1ccccc1)c1ccccc1.[Zr+2]=[C](c1ccccc1)c1ccccc1.c1ccc2[cH-]ccc2c1.c1ccc2[cH-]ccc2c1. The van der Waals surface area contributed by atoms with Crippen LogP contribution >= 0.6 is 0 Å². The van der Waals surface area contributed by atoms with Gasteiger partial charge in [0.25, 0.3) is 0 Å². The summed E-state index contributed by atoms with van der Waals surface area (Å²) in [4.78, 5) is 0. The Bertz CT molecular complexity index is 2400. The van der Waals surface area contributed by atoms with Crippen LogP contribution in [0.3, 0.4) is 0 Å². The fraction of sp³-hybridized carbons (Fsp3) is 0.161. The third kappa shape index (κ3) is 19.1. The maximum atomic E-state index is 3.16. The second-order valence-electron chi connectivity index (χ2n) is 17.4. The molecule has 8 aromatic rings. The molecule has 0 radical (unpaired) electrons. The predicted octanol–water partition coefficient (Wildman–Crippen LogP) is 10.2. The molecule has 10 rings (SSSR count). The first-order valence-electron chi connectivity index (χ1n) is 22.0. The Labute approximate surface area is 438 Å². The molecule has 0 saturated carbocycles. The van der Waals surface area contributed by atoms with E-state index in [1.54, 1.807) is 0 Å². The Morgan fingerprint density at radius 3 is 0.894 bits per heavy atom. The van der Waals surface area contributed by atoms with Crippen molar-refractivity contribution in [1.29, 1.82) is 0 Å². The van der Waals surface area contributed by atoms with Crippen LogP contribution in [0.25, 0.3) is 21.5 Å². The van der Waals surface area contributed by atoms with E-state index in [1.807, 2.05) is 0 Å². The molecule has 0 aromatic heterocycles. The van der Waals surface area contributed by atoms with Gasteiger partial charge < -0.3 is 24.8 Å². The summed E-state index contributed by atoms with van der Waals surface area (Å²) in [5.41, 5.74) is 8.81. The number of rotatable bonds is 4. The summed E-state index contributed by atoms with van der Waals surface area (Å²) in [5, 5.41) is 5.32. The van der Waals surface area contributed by atoms with E-state index < -0.39 is 0 Å². The van der Waals surface area contributed by atoms with E-state index >= 15 is 0 Å². The van der Waals surface area contributed by atoms with Crippen LogP contribution in [0, 0.1) is 23.0 Å². The standard InChI is InChI=1S/2C13H10.2C9H7.2C9H13.2ClH.2Zr/c2*1-3-7-12(8-4-1)11-13-9-5-2-6-10-13;2*1-2-5-9-7-3-6-8(9)4-1;2*1-9(2,3)8-6-4-5-7-8;;;;/h2*1-10H;2*1-7H;2*6-7H,4H2,1-3H3;2*1H;;/q;;4*-1;;;2*+2/p-2. The molecule has 0 unspecified atom stereocenters. The van der Waals surface area contributed by atoms with Crippen LogP contribution in [0.15, 0.2) is 242 Å². The molecule has 0 saturated heterocycles. The average Bonchev–Trinajstić information content (AvgIpc) is 4.19. The summed E-state index contributed by atoms with van der Waals surface area (Å²) in [6, 6.07) is 71.6. The fourth-order valence-electron chi connectivity index (χ4n) is 6.73. The van der Waals surface area contributed by atoms with Gasteiger partial charge in [-0.25, -0.2) is 12.2 Å². The number of benzene rings is 6. The molecule has 0 spiro atoms. The molecule has 0 bridgehead atoms. The minimum atomic E-state index is 0. The summed E-state index contributed by atoms with van der Waals surface area (Å²) < 4.78 is 2.83. The van der Waals surface area contributed by atoms with E-state index in [1.165, 1.54) is 110 Å². The molecule has 0 aliphatic heterocycles. The van der Waals surface area contributed by atoms with Gasteiger partial charge in [-0.15, -0.1) is 72.1 Å². The number of fused-ring (bicyclic) bond motifs is 2. The van der Waals surface area contributed by atoms with Crippen molar-refractivity contribution < 1.29 is 73.3 Å². The molecule has 0 amide bonds. The van der Waals surface area contributed by atoms with Crippen molar-refractivity contribution in [1.82, 2.24) is 0 Å². The summed E-state index contributed by atoms with van der Waals surface area (Å²) >= 11 is 2.92. The zero-order valence-electron chi connectivity index (χ0n) is 39.1. The molecule has 332 valence electrons. The number of hydrogen-bond donors (Lipinski definition) is 0. The predicted molar refractivity (Wildman–Crippen MR) is 271 cm³/mol. The zero-order valence-corrected chi connectivity index (χ0v) is 45.5. The van der Waals surface area contributed by atoms with Gasteiger partial charge in [0.15, 0.2) is 0 Å². The minimum absolute atomic E-state index is 0. The average molecular weight is 1060 g/mol. The van der Waals surface area contributed by atoms with E-state index in [-0.39, 0.29) is 24.8 Å². The first-order valence-corrected chi connectivity index (χ1v) is 24.5. The maximum Gasteiger partial charge on any atom is -0.0809 e. The Morgan fingerprint density at radius 1 is 0.394 bits per heavy atom. The third-order valence-corrected chi connectivity index (χ3v) is 13.3. The summed E-state index contributed by atoms with van der Waals surface area (Å²) in [6.45, 7) is 13.3. The van der Waals surface area contributed by atoms with E-state index in [4.69, 9.17) is 0 Å². The van der Waals surface area contributed by atoms with Crippen molar-refractivity contribution >= 4 is 28.0 Å². The molecule has 0 N–H and O–H groups in total. The van der Waals surface area contributed by atoms with Gasteiger partial charge in [0.1, 0.15) is 0 Å². The summed E-state index contributed by atoms with van der Waals surface area (Å²) in [6.07, 6.45) is 17.0. The maximum absolute atomic E-state index is 3.16. The summed E-state index contributed by atoms with van der Waals surface area (Å²) in [7, 11) is 0. The van der Waals surface area contributed by atoms with Gasteiger partial charge in [-0.2, -0.15) is 58.3 Å². The van der Waals surface area contributed by atoms with Gasteiger partial charge in [-0.05, 0) is 0 Å². The van der Waals surface area contributed by atoms with Crippen LogP contribution in [-0.4, -0.2) is 6.41 Å². The van der Waals surface area contributed by atoms with Crippen molar-refractivity contribution in [3.63, 3.8) is 0 Å². The molecule has 2 aliphatic carbocycles. The normalized spacial score (nSPS) is 12.0. The Balaban J connectivity index is 0.000000211. The van der Waals surface area contributed by atoms with Gasteiger partial charge in [0.05, 0.1) is 0 Å². The molecule has 0 fully saturated rings. The first-order chi connectivity index (χ1) is 30.9. The first kappa shape index (κ1) is 55.9. The molecule has 2 aliphatic rings. The second-order valence-corrected chi connectivity index (χ2v) is 19.9. The quantitative estimate of drug-likeness (QED) is 0.154. The van der Waals surface area contributed by atoms with Gasteiger partial charge in [0, 0.05) is 0 Å². The number of hydrogen-bond acceptors (Lipinski definition) is 0. The second kappa shape index (κ2) is 29.4. The molecular weight excluding hydrogens is 998 g/mol. The minimum Gasteiger partial charge on any atom is -0.168 e. The van der Waals surface area contributed by atoms with Crippen molar-refractivity contribution in [3.8, 4) is 0 Å². The van der Waals surface area contributed by atoms with E-state index in [0.717, 1.165) is 12.8 Å². The van der Waals surface area contributed by atoms with Crippen molar-refractivity contribution in [3.05, 3.63) is 276 Å². The molecule has 8 aromatic carbocycles. The Kier molecular flexibility index (Phi) is 24.9. The van der Waals surface area contributed by atoms with E-state index in [9.17, 15) is 0 Å². The topological polar surface area (TPSA) is 0 Å². The molecular formula is C62H60Cl2Zr2-2. The van der Waals surface area contributed by atoms with E-state index in [0.29, 0.717) is 10.8 Å². The largest absolute Gasteiger partial charge is 0.168 e. The van der Waals surface area contributed by atoms with Gasteiger partial charge in [-0.1, -0.05) is 64.5 Å². The van der Waals surface area contributed by atoms with Crippen LogP contribution in [0.2, 0.25) is 0 Å². The fourth-order valence-corrected chi connectivity index (χ4v) is 8.37. The Morgan fingerprint density at radius 2 is 0.667 bits per heavy atom. The molecule has 0 heterocycles. The zero-order chi connectivity index (χ0) is 45.6. The van der Waals surface area contributed by atoms with Crippen LogP contribution in [-0.2, 0) is 48.5 Å².